The van der Waals surface area contributed by atoms with Crippen molar-refractivity contribution in [3.05, 3.63) is 11.6 Å². The predicted octanol–water partition coefficient (Wildman–Crippen LogP) is 1.79. The number of guanidine groups is 1. The number of methoxy groups -OCH3 is 1. The zero-order valence-corrected chi connectivity index (χ0v) is 19.7. The number of likely N-dealkylation sites (tertiary alicyclic amines) is 1. The summed E-state index contributed by atoms with van der Waals surface area (Å²) in [4.78, 5) is 11.9. The first-order valence-corrected chi connectivity index (χ1v) is 10.5. The molecular formula is C19H36IN7O. The minimum absolute atomic E-state index is 0. The number of aliphatic imine (C=N–C) groups is 1. The van der Waals surface area contributed by atoms with Crippen LogP contribution in [0, 0.1) is 0 Å². The molecule has 0 aliphatic carbocycles. The topological polar surface area (TPSA) is 79.6 Å². The molecule has 0 spiro atoms. The van der Waals surface area contributed by atoms with Crippen molar-refractivity contribution in [1.29, 1.82) is 0 Å². The van der Waals surface area contributed by atoms with Gasteiger partial charge in [-0.05, 0) is 39.3 Å². The molecular weight excluding hydrogens is 469 g/mol. The number of nitrogens with zero attached hydrogens (tertiary/aromatic N) is 5. The summed E-state index contributed by atoms with van der Waals surface area (Å²) in [5.74, 6) is 2.74. The zero-order chi connectivity index (χ0) is 18.9. The molecule has 8 nitrogen and oxygen atoms in total. The van der Waals surface area contributed by atoms with Crippen LogP contribution in [-0.2, 0) is 24.3 Å². The highest BCUT2D eigenvalue weighted by atomic mass is 127. The summed E-state index contributed by atoms with van der Waals surface area (Å²) in [6.45, 7) is 8.61. The van der Waals surface area contributed by atoms with Crippen LogP contribution in [0.5, 0.6) is 0 Å². The molecule has 1 saturated heterocycles. The lowest BCUT2D eigenvalue weighted by Gasteiger charge is -2.25. The van der Waals surface area contributed by atoms with Crippen molar-refractivity contribution in [2.24, 2.45) is 4.99 Å². The number of fused-ring (bicyclic) bond motifs is 1. The Morgan fingerprint density at radius 3 is 2.75 bits per heavy atom. The molecule has 1 aromatic heterocycles. The summed E-state index contributed by atoms with van der Waals surface area (Å²) < 4.78 is 7.15. The minimum atomic E-state index is 0. The average molecular weight is 505 g/mol. The second kappa shape index (κ2) is 12.6. The Hall–Kier alpha value is -0.940. The molecule has 160 valence electrons. The number of nitrogens with one attached hydrogen (secondary N) is 2. The summed E-state index contributed by atoms with van der Waals surface area (Å²) in [6, 6.07) is 0.325. The van der Waals surface area contributed by atoms with E-state index in [2.05, 4.69) is 32.5 Å². The number of aryl methyl sites for hydroxylation is 1. The van der Waals surface area contributed by atoms with Crippen LogP contribution < -0.4 is 10.6 Å². The Kier molecular flexibility index (Phi) is 10.5. The van der Waals surface area contributed by atoms with Gasteiger partial charge in [0.15, 0.2) is 11.8 Å². The van der Waals surface area contributed by atoms with E-state index in [0.717, 1.165) is 56.6 Å². The molecule has 1 aromatic rings. The van der Waals surface area contributed by atoms with Gasteiger partial charge in [-0.3, -0.25) is 4.99 Å². The third-order valence-corrected chi connectivity index (χ3v) is 5.25. The molecule has 1 fully saturated rings. The molecule has 0 bridgehead atoms. The first-order valence-electron chi connectivity index (χ1n) is 10.5. The molecule has 1 unspecified atom stereocenters. The largest absolute Gasteiger partial charge is 0.377 e. The fourth-order valence-corrected chi connectivity index (χ4v) is 3.85. The molecule has 0 saturated carbocycles. The Balaban J connectivity index is 0.00000280. The van der Waals surface area contributed by atoms with Gasteiger partial charge in [0.1, 0.15) is 12.4 Å². The molecule has 0 radical (unpaired) electrons. The van der Waals surface area contributed by atoms with Crippen molar-refractivity contribution in [2.45, 2.75) is 64.6 Å². The fourth-order valence-electron chi connectivity index (χ4n) is 3.85. The highest BCUT2D eigenvalue weighted by molar-refractivity contribution is 14.0. The van der Waals surface area contributed by atoms with Crippen LogP contribution in [-0.4, -0.2) is 71.5 Å². The molecule has 1 atom stereocenters. The molecule has 3 heterocycles. The van der Waals surface area contributed by atoms with E-state index in [9.17, 15) is 0 Å². The zero-order valence-electron chi connectivity index (χ0n) is 17.3. The van der Waals surface area contributed by atoms with Crippen LogP contribution in [0.1, 0.15) is 50.7 Å². The molecule has 0 aromatic carbocycles. The quantitative estimate of drug-likeness (QED) is 0.334. The number of halogens is 1. The molecule has 28 heavy (non-hydrogen) atoms. The van der Waals surface area contributed by atoms with Crippen molar-refractivity contribution < 1.29 is 4.74 Å². The van der Waals surface area contributed by atoms with Crippen molar-refractivity contribution in [1.82, 2.24) is 30.3 Å². The van der Waals surface area contributed by atoms with E-state index in [0.29, 0.717) is 12.6 Å². The maximum atomic E-state index is 5.14. The first kappa shape index (κ1) is 23.3. The second-order valence-electron chi connectivity index (χ2n) is 7.46. The number of hydrogen-bond donors (Lipinski definition) is 2. The van der Waals surface area contributed by atoms with Gasteiger partial charge in [-0.15, -0.1) is 24.0 Å². The lowest BCUT2D eigenvalue weighted by Crippen LogP contribution is -2.47. The summed E-state index contributed by atoms with van der Waals surface area (Å²) >= 11 is 0. The number of ether oxygens (including phenoxy) is 1. The van der Waals surface area contributed by atoms with Crippen LogP contribution in [0.2, 0.25) is 0 Å². The summed E-state index contributed by atoms with van der Waals surface area (Å²) in [5, 5.41) is 11.5. The second-order valence-corrected chi connectivity index (χ2v) is 7.46. The predicted molar refractivity (Wildman–Crippen MR) is 122 cm³/mol. The van der Waals surface area contributed by atoms with Gasteiger partial charge in [0, 0.05) is 32.7 Å². The monoisotopic (exact) mass is 505 g/mol. The Bertz CT molecular complexity index is 599. The highest BCUT2D eigenvalue weighted by Crippen LogP contribution is 2.13. The van der Waals surface area contributed by atoms with E-state index in [1.807, 2.05) is 4.68 Å². The average Bonchev–Trinajstić information content (AvgIpc) is 2.87. The van der Waals surface area contributed by atoms with Gasteiger partial charge in [0.05, 0.1) is 13.1 Å². The number of hydrogen-bond acceptors (Lipinski definition) is 5. The van der Waals surface area contributed by atoms with Crippen LogP contribution >= 0.6 is 24.0 Å². The van der Waals surface area contributed by atoms with Crippen LogP contribution in [0.3, 0.4) is 0 Å². The van der Waals surface area contributed by atoms with E-state index in [-0.39, 0.29) is 24.0 Å². The number of rotatable bonds is 7. The van der Waals surface area contributed by atoms with E-state index >= 15 is 0 Å². The third kappa shape index (κ3) is 7.14. The summed E-state index contributed by atoms with van der Waals surface area (Å²) in [7, 11) is 1.68. The molecule has 9 heteroatoms. The third-order valence-electron chi connectivity index (χ3n) is 5.25. The lowest BCUT2D eigenvalue weighted by molar-refractivity contribution is 0.177. The van der Waals surface area contributed by atoms with Gasteiger partial charge in [-0.1, -0.05) is 12.8 Å². The minimum Gasteiger partial charge on any atom is -0.377 e. The van der Waals surface area contributed by atoms with Gasteiger partial charge in [0.25, 0.3) is 0 Å². The van der Waals surface area contributed by atoms with Gasteiger partial charge in [-0.2, -0.15) is 5.10 Å². The van der Waals surface area contributed by atoms with Gasteiger partial charge < -0.3 is 20.3 Å². The highest BCUT2D eigenvalue weighted by Gasteiger charge is 2.22. The fraction of sp³-hybridized carbons (Fsp3) is 0.842. The summed E-state index contributed by atoms with van der Waals surface area (Å²) in [5.41, 5.74) is 0. The first-order chi connectivity index (χ1) is 13.3. The van der Waals surface area contributed by atoms with Crippen molar-refractivity contribution in [2.75, 3.05) is 39.8 Å². The normalized spacial score (nSPS) is 20.8. The SMILES string of the molecule is CCNC(=NCCN1CCCCCC1)NC1CCc2nc(COC)nn2C1.I. The molecule has 0 amide bonds. The maximum absolute atomic E-state index is 5.14. The van der Waals surface area contributed by atoms with Crippen LogP contribution in [0.25, 0.3) is 0 Å². The lowest BCUT2D eigenvalue weighted by atomic mass is 10.1. The van der Waals surface area contributed by atoms with Crippen LogP contribution in [0.4, 0.5) is 0 Å². The Morgan fingerprint density at radius 1 is 1.25 bits per heavy atom. The Labute approximate surface area is 185 Å². The van der Waals surface area contributed by atoms with Gasteiger partial charge in [-0.25, -0.2) is 9.67 Å². The van der Waals surface area contributed by atoms with E-state index < -0.39 is 0 Å². The van der Waals surface area contributed by atoms with Gasteiger partial charge >= 0.3 is 0 Å². The van der Waals surface area contributed by atoms with E-state index in [1.165, 1.54) is 38.8 Å². The van der Waals surface area contributed by atoms with E-state index in [4.69, 9.17) is 9.73 Å². The molecule has 2 aliphatic rings. The van der Waals surface area contributed by atoms with Crippen molar-refractivity contribution in [3.8, 4) is 0 Å². The van der Waals surface area contributed by atoms with Crippen molar-refractivity contribution >= 4 is 29.9 Å². The Morgan fingerprint density at radius 2 is 2.04 bits per heavy atom. The molecule has 3 rings (SSSR count). The molecule has 2 N–H and O–H groups in total. The van der Waals surface area contributed by atoms with Gasteiger partial charge in [0.2, 0.25) is 0 Å². The van der Waals surface area contributed by atoms with Crippen molar-refractivity contribution in [3.63, 3.8) is 0 Å². The standard InChI is InChI=1S/C19H35N7O.HI/c1-3-20-19(21-10-13-25-11-6-4-5-7-12-25)22-16-8-9-18-23-17(15-27-2)24-26(18)14-16;/h16H,3-15H2,1-2H3,(H2,20,21,22);1H. The summed E-state index contributed by atoms with van der Waals surface area (Å²) in [6.07, 6.45) is 7.39. The molecule has 2 aliphatic heterocycles. The van der Waals surface area contributed by atoms with E-state index in [1.54, 1.807) is 7.11 Å². The number of aromatic nitrogens is 3. The smallest absolute Gasteiger partial charge is 0.191 e. The van der Waals surface area contributed by atoms with Crippen LogP contribution in [0.15, 0.2) is 4.99 Å². The maximum Gasteiger partial charge on any atom is 0.191 e.